The second-order valence-corrected chi connectivity index (χ2v) is 6.21. The van der Waals surface area contributed by atoms with Crippen molar-refractivity contribution < 1.29 is 13.2 Å². The van der Waals surface area contributed by atoms with Gasteiger partial charge in [-0.15, -0.1) is 0 Å². The van der Waals surface area contributed by atoms with Crippen molar-refractivity contribution in [3.05, 3.63) is 11.8 Å². The van der Waals surface area contributed by atoms with Crippen molar-refractivity contribution in [1.29, 1.82) is 0 Å². The van der Waals surface area contributed by atoms with Gasteiger partial charge in [0.05, 0.1) is 11.8 Å². The van der Waals surface area contributed by atoms with Crippen LogP contribution in [0, 0.1) is 6.92 Å². The molecule has 96 valence electrons. The van der Waals surface area contributed by atoms with Gasteiger partial charge in [-0.25, -0.2) is 8.42 Å². The van der Waals surface area contributed by atoms with E-state index in [9.17, 15) is 13.2 Å². The van der Waals surface area contributed by atoms with Crippen LogP contribution < -0.4 is 11.1 Å². The molecule has 0 aliphatic rings. The number of amides is 1. The molecule has 7 nitrogen and oxygen atoms in total. The first-order chi connectivity index (χ1) is 7.78. The number of rotatable bonds is 5. The van der Waals surface area contributed by atoms with Crippen LogP contribution in [0.2, 0.25) is 0 Å². The molecule has 1 atom stereocenters. The number of H-pyrrole nitrogens is 1. The van der Waals surface area contributed by atoms with E-state index in [-0.39, 0.29) is 12.2 Å². The van der Waals surface area contributed by atoms with Crippen LogP contribution in [0.25, 0.3) is 0 Å². The number of hydrogen-bond donors (Lipinski definition) is 3. The molecule has 1 aromatic heterocycles. The van der Waals surface area contributed by atoms with Crippen LogP contribution in [0.15, 0.2) is 6.07 Å². The lowest BCUT2D eigenvalue weighted by atomic mass is 10.2. The first kappa shape index (κ1) is 13.7. The Morgan fingerprint density at radius 2 is 2.29 bits per heavy atom. The summed E-state index contributed by atoms with van der Waals surface area (Å²) in [6.07, 6.45) is 1.20. The van der Waals surface area contributed by atoms with E-state index >= 15 is 0 Å². The van der Waals surface area contributed by atoms with Crippen LogP contribution in [0.4, 0.5) is 5.82 Å². The fourth-order valence-electron chi connectivity index (χ4n) is 1.17. The van der Waals surface area contributed by atoms with E-state index in [0.717, 1.165) is 11.9 Å². The number of nitrogens with zero attached hydrogens (tertiary/aromatic N) is 1. The van der Waals surface area contributed by atoms with Crippen molar-refractivity contribution in [2.24, 2.45) is 5.73 Å². The minimum absolute atomic E-state index is 0.0913. The number of aryl methyl sites for hydroxylation is 1. The summed E-state index contributed by atoms with van der Waals surface area (Å²) in [7, 11) is -3.10. The molecule has 0 bridgehead atoms. The summed E-state index contributed by atoms with van der Waals surface area (Å²) in [5, 5.41) is 8.98. The van der Waals surface area contributed by atoms with Crippen LogP contribution >= 0.6 is 0 Å². The number of aromatic amines is 1. The molecule has 0 unspecified atom stereocenters. The molecule has 17 heavy (non-hydrogen) atoms. The molecule has 8 heteroatoms. The van der Waals surface area contributed by atoms with E-state index in [1.165, 1.54) is 0 Å². The molecule has 1 aromatic rings. The molecule has 1 rings (SSSR count). The van der Waals surface area contributed by atoms with E-state index in [4.69, 9.17) is 5.73 Å². The molecule has 0 aliphatic carbocycles. The van der Waals surface area contributed by atoms with E-state index < -0.39 is 21.8 Å². The fraction of sp³-hybridized carbons (Fsp3) is 0.556. The first-order valence-corrected chi connectivity index (χ1v) is 7.10. The van der Waals surface area contributed by atoms with Gasteiger partial charge in [0, 0.05) is 18.0 Å². The Hall–Kier alpha value is -1.41. The lowest BCUT2D eigenvalue weighted by Crippen LogP contribution is -2.37. The van der Waals surface area contributed by atoms with E-state index in [1.807, 2.05) is 0 Å². The third kappa shape index (κ3) is 4.96. The van der Waals surface area contributed by atoms with Crippen LogP contribution in [0.3, 0.4) is 0 Å². The minimum atomic E-state index is -3.10. The highest BCUT2D eigenvalue weighted by Gasteiger charge is 2.16. The molecule has 1 amide bonds. The van der Waals surface area contributed by atoms with Crippen LogP contribution in [0.1, 0.15) is 12.1 Å². The summed E-state index contributed by atoms with van der Waals surface area (Å²) < 4.78 is 21.8. The molecule has 0 saturated carbocycles. The minimum Gasteiger partial charge on any atom is -0.320 e. The fourth-order valence-corrected chi connectivity index (χ4v) is 1.86. The number of carbonyl (C=O) groups is 1. The van der Waals surface area contributed by atoms with Gasteiger partial charge in [-0.3, -0.25) is 9.89 Å². The predicted molar refractivity (Wildman–Crippen MR) is 64.3 cm³/mol. The van der Waals surface area contributed by atoms with Crippen molar-refractivity contribution in [3.8, 4) is 0 Å². The van der Waals surface area contributed by atoms with Gasteiger partial charge in [0.15, 0.2) is 5.82 Å². The smallest absolute Gasteiger partial charge is 0.242 e. The summed E-state index contributed by atoms with van der Waals surface area (Å²) in [5.74, 6) is -0.177. The summed E-state index contributed by atoms with van der Waals surface area (Å²) in [4.78, 5) is 11.6. The maximum Gasteiger partial charge on any atom is 0.242 e. The third-order valence-electron chi connectivity index (χ3n) is 2.09. The standard InChI is InChI=1S/C9H16N4O3S/c1-6-5-8(13-12-6)11-9(14)7(10)3-4-17(2,15)16/h5,7H,3-4,10H2,1-2H3,(H2,11,12,13,14)/t7-/m0/s1. The largest absolute Gasteiger partial charge is 0.320 e. The van der Waals surface area contributed by atoms with Crippen LogP contribution in [-0.2, 0) is 14.6 Å². The quantitative estimate of drug-likeness (QED) is 0.654. The average Bonchev–Trinajstić information content (AvgIpc) is 2.59. The summed E-state index contributed by atoms with van der Waals surface area (Å²) in [6, 6.07) is 0.794. The lowest BCUT2D eigenvalue weighted by Gasteiger charge is -2.09. The highest BCUT2D eigenvalue weighted by Crippen LogP contribution is 2.05. The number of sulfone groups is 1. The zero-order valence-corrected chi connectivity index (χ0v) is 10.5. The van der Waals surface area contributed by atoms with Crippen LogP contribution in [-0.4, -0.2) is 42.6 Å². The van der Waals surface area contributed by atoms with E-state index in [2.05, 4.69) is 15.5 Å². The van der Waals surface area contributed by atoms with Crippen molar-refractivity contribution >= 4 is 21.6 Å². The normalized spacial score (nSPS) is 13.4. The Labute approximate surface area is 99.7 Å². The maximum atomic E-state index is 11.6. The molecule has 0 saturated heterocycles. The van der Waals surface area contributed by atoms with Gasteiger partial charge in [-0.1, -0.05) is 0 Å². The summed E-state index contributed by atoms with van der Waals surface area (Å²) >= 11 is 0. The Morgan fingerprint density at radius 3 is 2.76 bits per heavy atom. The van der Waals surface area contributed by atoms with Crippen molar-refractivity contribution in [3.63, 3.8) is 0 Å². The van der Waals surface area contributed by atoms with Gasteiger partial charge in [-0.05, 0) is 13.3 Å². The SMILES string of the molecule is Cc1cc(NC(=O)[C@@H](N)CCS(C)(=O)=O)n[nH]1. The van der Waals surface area contributed by atoms with E-state index in [0.29, 0.717) is 5.82 Å². The second-order valence-electron chi connectivity index (χ2n) is 3.95. The second kappa shape index (κ2) is 5.28. The first-order valence-electron chi connectivity index (χ1n) is 5.04. The average molecular weight is 260 g/mol. The van der Waals surface area contributed by atoms with Gasteiger partial charge in [0.1, 0.15) is 9.84 Å². The van der Waals surface area contributed by atoms with Gasteiger partial charge < -0.3 is 11.1 Å². The molecule has 4 N–H and O–H groups in total. The Balaban J connectivity index is 2.47. The lowest BCUT2D eigenvalue weighted by molar-refractivity contribution is -0.117. The number of carbonyl (C=O) groups excluding carboxylic acids is 1. The molecule has 0 aromatic carbocycles. The Morgan fingerprint density at radius 1 is 1.65 bits per heavy atom. The van der Waals surface area contributed by atoms with Gasteiger partial charge in [-0.2, -0.15) is 5.10 Å². The van der Waals surface area contributed by atoms with E-state index in [1.54, 1.807) is 13.0 Å². The predicted octanol–water partition coefficient (Wildman–Crippen LogP) is -0.581. The maximum absolute atomic E-state index is 11.6. The number of nitrogens with two attached hydrogens (primary N) is 1. The highest BCUT2D eigenvalue weighted by atomic mass is 32.2. The zero-order valence-electron chi connectivity index (χ0n) is 9.73. The highest BCUT2D eigenvalue weighted by molar-refractivity contribution is 7.90. The van der Waals surface area contributed by atoms with Crippen LogP contribution in [0.5, 0.6) is 0 Å². The van der Waals surface area contributed by atoms with Crippen molar-refractivity contribution in [2.45, 2.75) is 19.4 Å². The molecule has 0 radical (unpaired) electrons. The van der Waals surface area contributed by atoms with Gasteiger partial charge >= 0.3 is 0 Å². The third-order valence-corrected chi connectivity index (χ3v) is 3.07. The van der Waals surface area contributed by atoms with Crippen molar-refractivity contribution in [2.75, 3.05) is 17.3 Å². The molecule has 1 heterocycles. The monoisotopic (exact) mass is 260 g/mol. The number of hydrogen-bond acceptors (Lipinski definition) is 5. The molecule has 0 spiro atoms. The molecule has 0 fully saturated rings. The topological polar surface area (TPSA) is 118 Å². The summed E-state index contributed by atoms with van der Waals surface area (Å²) in [5.41, 5.74) is 6.37. The number of anilines is 1. The molecular weight excluding hydrogens is 244 g/mol. The molecule has 0 aliphatic heterocycles. The van der Waals surface area contributed by atoms with Gasteiger partial charge in [0.25, 0.3) is 0 Å². The Kier molecular flexibility index (Phi) is 4.24. The Bertz CT molecular complexity index is 494. The number of aromatic nitrogens is 2. The summed E-state index contributed by atoms with van der Waals surface area (Å²) in [6.45, 7) is 1.80. The molecular formula is C9H16N4O3S. The van der Waals surface area contributed by atoms with Crippen molar-refractivity contribution in [1.82, 2.24) is 10.2 Å². The zero-order chi connectivity index (χ0) is 13.1. The van der Waals surface area contributed by atoms with Gasteiger partial charge in [0.2, 0.25) is 5.91 Å². The number of nitrogens with one attached hydrogen (secondary N) is 2.